The smallest absolute Gasteiger partial charge is 0.157 e. The highest BCUT2D eigenvalue weighted by molar-refractivity contribution is 5.90. The van der Waals surface area contributed by atoms with Gasteiger partial charge in [0, 0.05) is 26.2 Å². The number of aldehydes is 1. The Morgan fingerprint density at radius 1 is 0.500 bits per heavy atom. The number of carbonyl (C=O) groups is 1. The molecule has 0 aliphatic carbocycles. The molecule has 0 atom stereocenters. The number of carbonyl (C=O) groups excluding carboxylic acids is 1. The zero-order valence-corrected chi connectivity index (χ0v) is 29.1. The fraction of sp³-hybridized carbons (Fsp3) is 0.828. The van der Waals surface area contributed by atoms with Crippen LogP contribution in [0.3, 0.4) is 0 Å². The van der Waals surface area contributed by atoms with Crippen LogP contribution >= 0.6 is 0 Å². The van der Waals surface area contributed by atoms with E-state index in [1.54, 1.807) is 6.33 Å². The Labute approximate surface area is 288 Å². The molecule has 44 heavy (non-hydrogen) atoms. The molecule has 0 saturated carbocycles. The molecule has 1 aromatic heterocycles. The third kappa shape index (κ3) is 7.37. The van der Waals surface area contributed by atoms with Crippen LogP contribution in [0.2, 0.25) is 0 Å². The Hall–Kier alpha value is -0.730. The largest absolute Gasteiger partial charge is 1.00 e. The van der Waals surface area contributed by atoms with E-state index in [9.17, 15) is 4.79 Å². The molecule has 4 spiro atoms. The molecule has 1 aromatic rings. The van der Waals surface area contributed by atoms with E-state index in [-0.39, 0.29) is 49.6 Å². The molecule has 0 amide bonds. The highest BCUT2D eigenvalue weighted by Crippen LogP contribution is 2.31. The molecular formula is C29H52Cl4N10O. The number of halogens is 4. The molecule has 6 saturated heterocycles. The second-order valence-corrected chi connectivity index (χ2v) is 14.0. The fourth-order valence-electron chi connectivity index (χ4n) is 8.86. The number of aromatic nitrogens is 2. The van der Waals surface area contributed by atoms with Gasteiger partial charge in [-0.3, -0.25) is 4.79 Å². The van der Waals surface area contributed by atoms with Gasteiger partial charge in [-0.25, -0.2) is 9.97 Å². The van der Waals surface area contributed by atoms with Crippen LogP contribution in [0.4, 0.5) is 11.6 Å². The molecular weight excluding hydrogens is 646 g/mol. The molecule has 6 aliphatic heterocycles. The zero-order chi connectivity index (χ0) is 27.1. The SMILES string of the molecule is O=Cc1c(N2CC[N+]3(CC2)CC[N+]2(CCNCC2)CC3)ncnc1N1CC[N+]2(CC1)CC[N+]1(CCNCC1)CC2.[Cl-].[Cl-].[Cl-].[Cl-]. The maximum atomic E-state index is 12.5. The Kier molecular flexibility index (Phi) is 13.2. The summed E-state index contributed by atoms with van der Waals surface area (Å²) in [6.07, 6.45) is 2.73. The fourth-order valence-corrected chi connectivity index (χ4v) is 8.86. The highest BCUT2D eigenvalue weighted by Gasteiger charge is 2.46. The molecule has 6 fully saturated rings. The third-order valence-electron chi connectivity index (χ3n) is 12.2. The number of hydrogen-bond donors (Lipinski definition) is 2. The number of anilines is 2. The van der Waals surface area contributed by atoms with Crippen LogP contribution in [0.25, 0.3) is 0 Å². The first-order valence-corrected chi connectivity index (χ1v) is 16.2. The predicted octanol–water partition coefficient (Wildman–Crippen LogP) is -13.6. The van der Waals surface area contributed by atoms with Crippen LogP contribution in [-0.4, -0.2) is 191 Å². The van der Waals surface area contributed by atoms with E-state index in [0.717, 1.165) is 70.3 Å². The van der Waals surface area contributed by atoms with Gasteiger partial charge < -0.3 is 88.0 Å². The van der Waals surface area contributed by atoms with Crippen molar-refractivity contribution in [1.29, 1.82) is 0 Å². The molecule has 0 unspecified atom stereocenters. The monoisotopic (exact) mass is 696 g/mol. The molecule has 0 aromatic carbocycles. The van der Waals surface area contributed by atoms with Gasteiger partial charge in [0.25, 0.3) is 0 Å². The number of piperazine rings is 6. The van der Waals surface area contributed by atoms with Crippen LogP contribution in [0, 0.1) is 0 Å². The minimum absolute atomic E-state index is 0. The van der Waals surface area contributed by atoms with E-state index < -0.39 is 0 Å². The lowest BCUT2D eigenvalue weighted by molar-refractivity contribution is -1.03. The van der Waals surface area contributed by atoms with Crippen LogP contribution < -0.4 is 70.1 Å². The van der Waals surface area contributed by atoms with Crippen molar-refractivity contribution in [1.82, 2.24) is 20.6 Å². The Morgan fingerprint density at radius 3 is 1.09 bits per heavy atom. The summed E-state index contributed by atoms with van der Waals surface area (Å²) < 4.78 is 5.16. The average molecular weight is 699 g/mol. The van der Waals surface area contributed by atoms with Gasteiger partial charge in [-0.15, -0.1) is 0 Å². The van der Waals surface area contributed by atoms with Gasteiger partial charge in [-0.2, -0.15) is 0 Å². The topological polar surface area (TPSA) is 73.4 Å². The van der Waals surface area contributed by atoms with Gasteiger partial charge in [-0.05, 0) is 0 Å². The van der Waals surface area contributed by atoms with Crippen molar-refractivity contribution in [3.8, 4) is 0 Å². The first kappa shape index (κ1) is 37.7. The van der Waals surface area contributed by atoms with Crippen molar-refractivity contribution in [3.05, 3.63) is 11.9 Å². The summed E-state index contributed by atoms with van der Waals surface area (Å²) >= 11 is 0. The molecule has 15 heteroatoms. The second-order valence-electron chi connectivity index (χ2n) is 14.0. The number of rotatable bonds is 3. The quantitative estimate of drug-likeness (QED) is 0.240. The predicted molar refractivity (Wildman–Crippen MR) is 156 cm³/mol. The summed E-state index contributed by atoms with van der Waals surface area (Å²) in [6, 6.07) is 0. The summed E-state index contributed by atoms with van der Waals surface area (Å²) in [4.78, 5) is 26.6. The zero-order valence-electron chi connectivity index (χ0n) is 26.1. The minimum Gasteiger partial charge on any atom is -1.00 e. The van der Waals surface area contributed by atoms with Crippen molar-refractivity contribution >= 4 is 17.9 Å². The molecule has 7 heterocycles. The molecule has 252 valence electrons. The Balaban J connectivity index is 0.00000132. The van der Waals surface area contributed by atoms with E-state index in [1.165, 1.54) is 123 Å². The molecule has 0 radical (unpaired) electrons. The lowest BCUT2D eigenvalue weighted by atomic mass is 10.1. The lowest BCUT2D eigenvalue weighted by Crippen LogP contribution is -3.00. The third-order valence-corrected chi connectivity index (χ3v) is 12.2. The maximum absolute atomic E-state index is 12.5. The van der Waals surface area contributed by atoms with Crippen LogP contribution in [0.15, 0.2) is 6.33 Å². The molecule has 7 rings (SSSR count). The summed E-state index contributed by atoms with van der Waals surface area (Å²) in [5.74, 6) is 1.72. The van der Waals surface area contributed by atoms with Gasteiger partial charge in [-0.1, -0.05) is 0 Å². The van der Waals surface area contributed by atoms with E-state index in [0.29, 0.717) is 5.56 Å². The second kappa shape index (κ2) is 15.4. The number of nitrogens with zero attached hydrogens (tertiary/aromatic N) is 8. The van der Waals surface area contributed by atoms with Crippen molar-refractivity contribution in [2.24, 2.45) is 0 Å². The van der Waals surface area contributed by atoms with Gasteiger partial charge in [0.2, 0.25) is 0 Å². The molecule has 11 nitrogen and oxygen atoms in total. The summed E-state index contributed by atoms with van der Waals surface area (Å²) in [6.45, 7) is 29.0. The first-order valence-electron chi connectivity index (χ1n) is 16.2. The molecule has 0 bridgehead atoms. The van der Waals surface area contributed by atoms with E-state index in [1.807, 2.05) is 0 Å². The van der Waals surface area contributed by atoms with Crippen molar-refractivity contribution in [2.75, 3.05) is 167 Å². The first-order chi connectivity index (χ1) is 19.6. The van der Waals surface area contributed by atoms with Crippen molar-refractivity contribution in [3.63, 3.8) is 0 Å². The van der Waals surface area contributed by atoms with E-state index in [2.05, 4.69) is 20.4 Å². The van der Waals surface area contributed by atoms with Gasteiger partial charge >= 0.3 is 0 Å². The number of hydrogen-bond acceptors (Lipinski definition) is 7. The van der Waals surface area contributed by atoms with Gasteiger partial charge in [0.15, 0.2) is 6.29 Å². The number of quaternary nitrogens is 4. The summed E-state index contributed by atoms with van der Waals surface area (Å²) in [5.41, 5.74) is 0.706. The van der Waals surface area contributed by atoms with E-state index >= 15 is 0 Å². The van der Waals surface area contributed by atoms with E-state index in [4.69, 9.17) is 9.97 Å². The minimum atomic E-state index is 0. The van der Waals surface area contributed by atoms with Crippen LogP contribution in [0.1, 0.15) is 10.4 Å². The normalized spacial score (nSPS) is 26.5. The maximum Gasteiger partial charge on any atom is 0.157 e. The highest BCUT2D eigenvalue weighted by atomic mass is 35.5. The molecule has 2 N–H and O–H groups in total. The number of nitrogens with one attached hydrogen (secondary N) is 2. The summed E-state index contributed by atoms with van der Waals surface area (Å²) in [7, 11) is 0. The standard InChI is InChI=1S/C29H52N10O.4ClH/c40-25-27-28(34-5-13-38(14-6-34)21-17-36(18-22-38)9-1-30-2-10-36)32-26-33-29(27)35-7-15-39(16-8-35)23-19-37(20-24-39)11-3-31-4-12-37;;;;/h25-26,30-31H,1-24H2;4*1H/q+4;;;;/p-4. The van der Waals surface area contributed by atoms with Crippen molar-refractivity contribution in [2.45, 2.75) is 0 Å². The summed E-state index contributed by atoms with van der Waals surface area (Å²) in [5, 5.41) is 7.08. The average Bonchev–Trinajstić information content (AvgIpc) is 3.02. The molecule has 6 aliphatic rings. The lowest BCUT2D eigenvalue weighted by Gasteiger charge is -2.53. The van der Waals surface area contributed by atoms with Crippen molar-refractivity contribution < 1.29 is 72.4 Å². The van der Waals surface area contributed by atoms with Crippen LogP contribution in [-0.2, 0) is 0 Å². The van der Waals surface area contributed by atoms with Gasteiger partial charge in [0.1, 0.15) is 70.3 Å². The van der Waals surface area contributed by atoms with Crippen LogP contribution in [0.5, 0.6) is 0 Å². The Bertz CT molecular complexity index is 972. The Morgan fingerprint density at radius 2 is 0.795 bits per heavy atom. The van der Waals surface area contributed by atoms with Gasteiger partial charge in [0.05, 0.1) is 84.1 Å².